The van der Waals surface area contributed by atoms with E-state index in [-0.39, 0.29) is 11.3 Å². The average Bonchev–Trinajstić information content (AvgIpc) is 2.62. The van der Waals surface area contributed by atoms with E-state index < -0.39 is 5.82 Å². The standard InChI is InChI=1S/C21H27FN4O/c1-4-17-20(22)21(24-12-23-17)15-6-18-16-5-14(10-26(18)19(27)7-15)9-25(11-16)8-13(2)3/h6-7,12-14,16H,4-5,8-11H2,1-3H3/t14-,16+/m0/s1. The molecule has 27 heavy (non-hydrogen) atoms. The van der Waals surface area contributed by atoms with Gasteiger partial charge in [0.15, 0.2) is 5.82 Å². The van der Waals surface area contributed by atoms with Crippen LogP contribution < -0.4 is 5.56 Å². The number of aromatic nitrogens is 3. The van der Waals surface area contributed by atoms with Crippen molar-refractivity contribution < 1.29 is 4.39 Å². The molecule has 0 unspecified atom stereocenters. The van der Waals surface area contributed by atoms with Crippen molar-refractivity contribution in [1.82, 2.24) is 19.4 Å². The van der Waals surface area contributed by atoms with Gasteiger partial charge in [-0.1, -0.05) is 20.8 Å². The third-order valence-electron chi connectivity index (χ3n) is 5.73. The van der Waals surface area contributed by atoms with Crippen molar-refractivity contribution in [1.29, 1.82) is 0 Å². The van der Waals surface area contributed by atoms with E-state index >= 15 is 0 Å². The average molecular weight is 370 g/mol. The van der Waals surface area contributed by atoms with Crippen molar-refractivity contribution >= 4 is 0 Å². The van der Waals surface area contributed by atoms with Gasteiger partial charge in [0.05, 0.1) is 5.69 Å². The van der Waals surface area contributed by atoms with Gasteiger partial charge in [-0.05, 0) is 30.7 Å². The van der Waals surface area contributed by atoms with Gasteiger partial charge in [0.25, 0.3) is 5.56 Å². The van der Waals surface area contributed by atoms with E-state index in [1.54, 1.807) is 0 Å². The minimum atomic E-state index is -0.414. The number of rotatable bonds is 4. The summed E-state index contributed by atoms with van der Waals surface area (Å²) in [4.78, 5) is 23.5. The van der Waals surface area contributed by atoms with E-state index in [0.717, 1.165) is 38.3 Å². The van der Waals surface area contributed by atoms with Gasteiger partial charge >= 0.3 is 0 Å². The Balaban J connectivity index is 1.74. The van der Waals surface area contributed by atoms with E-state index in [0.29, 0.717) is 35.4 Å². The van der Waals surface area contributed by atoms with Gasteiger partial charge in [0, 0.05) is 49.4 Å². The molecule has 144 valence electrons. The molecule has 2 aliphatic rings. The highest BCUT2D eigenvalue weighted by Crippen LogP contribution is 2.36. The Bertz CT molecular complexity index is 908. The maximum Gasteiger partial charge on any atom is 0.251 e. The van der Waals surface area contributed by atoms with Gasteiger partial charge in [-0.3, -0.25) is 4.79 Å². The first-order chi connectivity index (χ1) is 13.0. The molecule has 2 aliphatic heterocycles. The third-order valence-corrected chi connectivity index (χ3v) is 5.73. The predicted molar refractivity (Wildman–Crippen MR) is 103 cm³/mol. The number of hydrogen-bond acceptors (Lipinski definition) is 4. The van der Waals surface area contributed by atoms with E-state index in [9.17, 15) is 9.18 Å². The Morgan fingerprint density at radius 3 is 2.78 bits per heavy atom. The molecular weight excluding hydrogens is 343 g/mol. The first-order valence-electron chi connectivity index (χ1n) is 9.93. The number of nitrogens with zero attached hydrogens (tertiary/aromatic N) is 4. The quantitative estimate of drug-likeness (QED) is 0.830. The zero-order valence-electron chi connectivity index (χ0n) is 16.3. The lowest BCUT2D eigenvalue weighted by atomic mass is 9.82. The molecule has 0 spiro atoms. The summed E-state index contributed by atoms with van der Waals surface area (Å²) < 4.78 is 16.6. The lowest BCUT2D eigenvalue weighted by Gasteiger charge is -2.43. The zero-order valence-corrected chi connectivity index (χ0v) is 16.3. The van der Waals surface area contributed by atoms with E-state index in [1.807, 2.05) is 17.6 Å². The molecular formula is C21H27FN4O. The molecule has 0 N–H and O–H groups in total. The molecule has 1 saturated heterocycles. The van der Waals surface area contributed by atoms with Crippen LogP contribution in [0.5, 0.6) is 0 Å². The number of aryl methyl sites for hydroxylation is 1. The Kier molecular flexibility index (Phi) is 4.84. The highest BCUT2D eigenvalue weighted by Gasteiger charge is 2.35. The van der Waals surface area contributed by atoms with Crippen molar-refractivity contribution in [3.8, 4) is 11.3 Å². The third kappa shape index (κ3) is 3.43. The van der Waals surface area contributed by atoms with Crippen LogP contribution >= 0.6 is 0 Å². The van der Waals surface area contributed by atoms with E-state index in [4.69, 9.17) is 0 Å². The number of pyridine rings is 1. The second kappa shape index (κ2) is 7.15. The molecule has 5 nitrogen and oxygen atoms in total. The SMILES string of the molecule is CCc1ncnc(-c2cc3n(c(=O)c2)C[C@H]2C[C@@H]3CN(CC(C)C)C2)c1F. The molecule has 2 aromatic rings. The number of fused-ring (bicyclic) bond motifs is 4. The largest absolute Gasteiger partial charge is 0.312 e. The summed E-state index contributed by atoms with van der Waals surface area (Å²) in [6.07, 6.45) is 2.99. The van der Waals surface area contributed by atoms with Crippen LogP contribution in [-0.4, -0.2) is 39.1 Å². The molecule has 6 heteroatoms. The Labute approximate surface area is 159 Å². The summed E-state index contributed by atoms with van der Waals surface area (Å²) in [5, 5.41) is 0. The highest BCUT2D eigenvalue weighted by molar-refractivity contribution is 5.60. The Morgan fingerprint density at radius 2 is 2.04 bits per heavy atom. The number of hydrogen-bond donors (Lipinski definition) is 0. The molecule has 0 radical (unpaired) electrons. The molecule has 0 aromatic carbocycles. The van der Waals surface area contributed by atoms with Crippen molar-refractivity contribution in [3.63, 3.8) is 0 Å². The maximum absolute atomic E-state index is 14.7. The Morgan fingerprint density at radius 1 is 1.22 bits per heavy atom. The van der Waals surface area contributed by atoms with Crippen LogP contribution in [0.4, 0.5) is 4.39 Å². The van der Waals surface area contributed by atoms with Crippen molar-refractivity contribution in [3.05, 3.63) is 46.0 Å². The van der Waals surface area contributed by atoms with Crippen molar-refractivity contribution in [2.75, 3.05) is 19.6 Å². The fourth-order valence-electron chi connectivity index (χ4n) is 4.71. The van der Waals surface area contributed by atoms with Crippen LogP contribution in [-0.2, 0) is 13.0 Å². The second-order valence-electron chi connectivity index (χ2n) is 8.37. The van der Waals surface area contributed by atoms with E-state index in [1.165, 1.54) is 12.4 Å². The van der Waals surface area contributed by atoms with Gasteiger partial charge < -0.3 is 9.47 Å². The molecule has 4 rings (SSSR count). The molecule has 4 heterocycles. The molecule has 0 aliphatic carbocycles. The van der Waals surface area contributed by atoms with Gasteiger partial charge in [-0.15, -0.1) is 0 Å². The molecule has 2 aromatic heterocycles. The van der Waals surface area contributed by atoms with Crippen LogP contribution in [0, 0.1) is 17.7 Å². The van der Waals surface area contributed by atoms with E-state index in [2.05, 4.69) is 28.7 Å². The topological polar surface area (TPSA) is 51.0 Å². The lowest BCUT2D eigenvalue weighted by molar-refractivity contribution is 0.109. The lowest BCUT2D eigenvalue weighted by Crippen LogP contribution is -2.48. The first kappa shape index (κ1) is 18.3. The zero-order chi connectivity index (χ0) is 19.1. The number of piperidine rings is 1. The van der Waals surface area contributed by atoms with Crippen LogP contribution in [0.1, 0.15) is 44.5 Å². The predicted octanol–water partition coefficient (Wildman–Crippen LogP) is 3.08. The van der Waals surface area contributed by atoms with Crippen LogP contribution in [0.15, 0.2) is 23.3 Å². The highest BCUT2D eigenvalue weighted by atomic mass is 19.1. The molecule has 1 fully saturated rings. The van der Waals surface area contributed by atoms with Crippen molar-refractivity contribution in [2.24, 2.45) is 11.8 Å². The minimum absolute atomic E-state index is 0.0504. The molecule has 2 bridgehead atoms. The van der Waals surface area contributed by atoms with Crippen LogP contribution in [0.3, 0.4) is 0 Å². The van der Waals surface area contributed by atoms with Gasteiger partial charge in [0.1, 0.15) is 12.0 Å². The normalized spacial score (nSPS) is 22.1. The summed E-state index contributed by atoms with van der Waals surface area (Å²) in [6, 6.07) is 3.51. The monoisotopic (exact) mass is 370 g/mol. The molecule has 0 saturated carbocycles. The first-order valence-corrected chi connectivity index (χ1v) is 9.93. The number of likely N-dealkylation sites (tertiary alicyclic amines) is 1. The fourth-order valence-corrected chi connectivity index (χ4v) is 4.71. The Hall–Kier alpha value is -2.08. The molecule has 2 atom stereocenters. The summed E-state index contributed by atoms with van der Waals surface area (Å²) >= 11 is 0. The smallest absolute Gasteiger partial charge is 0.251 e. The van der Waals surface area contributed by atoms with Gasteiger partial charge in [-0.25, -0.2) is 14.4 Å². The summed E-state index contributed by atoms with van der Waals surface area (Å²) in [7, 11) is 0. The van der Waals surface area contributed by atoms with Crippen molar-refractivity contribution in [2.45, 2.75) is 46.1 Å². The number of halogens is 1. The molecule has 0 amide bonds. The summed E-state index contributed by atoms with van der Waals surface area (Å²) in [6.45, 7) is 10.2. The van der Waals surface area contributed by atoms with Gasteiger partial charge in [-0.2, -0.15) is 0 Å². The van der Waals surface area contributed by atoms with Crippen LogP contribution in [0.25, 0.3) is 11.3 Å². The maximum atomic E-state index is 14.7. The van der Waals surface area contributed by atoms with Crippen LogP contribution in [0.2, 0.25) is 0 Å². The fraction of sp³-hybridized carbons (Fsp3) is 0.571. The summed E-state index contributed by atoms with van der Waals surface area (Å²) in [5.74, 6) is 1.04. The second-order valence-corrected chi connectivity index (χ2v) is 8.37. The minimum Gasteiger partial charge on any atom is -0.312 e. The summed E-state index contributed by atoms with van der Waals surface area (Å²) in [5.41, 5.74) is 2.17. The van der Waals surface area contributed by atoms with Gasteiger partial charge in [0.2, 0.25) is 0 Å².